The van der Waals surface area contributed by atoms with Gasteiger partial charge in [-0.15, -0.1) is 0 Å². The zero-order valence-electron chi connectivity index (χ0n) is 8.21. The van der Waals surface area contributed by atoms with Crippen molar-refractivity contribution in [1.82, 2.24) is 5.06 Å². The molecule has 0 saturated heterocycles. The van der Waals surface area contributed by atoms with Crippen LogP contribution in [0.5, 0.6) is 0 Å². The summed E-state index contributed by atoms with van der Waals surface area (Å²) in [5.74, 6) is 0. The Kier molecular flexibility index (Phi) is 2.91. The maximum absolute atomic E-state index is 11.1. The molecule has 1 aliphatic heterocycles. The third kappa shape index (κ3) is 1.24. The summed E-state index contributed by atoms with van der Waals surface area (Å²) in [5, 5.41) is 22.8. The maximum atomic E-state index is 11.1. The molecule has 4 nitrogen and oxygen atoms in total. The van der Waals surface area contributed by atoms with Gasteiger partial charge in [-0.05, 0) is 32.9 Å². The Bertz CT molecular complexity index is 213. The molecule has 0 fully saturated rings. The van der Waals surface area contributed by atoms with Gasteiger partial charge in [0.1, 0.15) is 11.1 Å². The molecule has 0 saturated carbocycles. The third-order valence-electron chi connectivity index (χ3n) is 2.69. The van der Waals surface area contributed by atoms with Crippen LogP contribution in [0.1, 0.15) is 27.7 Å². The molecule has 0 bridgehead atoms. The van der Waals surface area contributed by atoms with Crippen molar-refractivity contribution in [2.24, 2.45) is 0 Å². The summed E-state index contributed by atoms with van der Waals surface area (Å²) in [4.78, 5) is 0. The van der Waals surface area contributed by atoms with Gasteiger partial charge in [-0.3, -0.25) is 0 Å². The first kappa shape index (κ1) is 11.8. The summed E-state index contributed by atoms with van der Waals surface area (Å²) in [6, 6.07) is 0. The minimum absolute atomic E-state index is 0. The van der Waals surface area contributed by atoms with Gasteiger partial charge in [-0.25, -0.2) is 5.06 Å². The standard InChI is InChI=1S/C7H12N2O2.Li/c1-6(2)7(3,4)9(11)5-8(6)10;/h1-4H3;/q-1;+1. The second-order valence-corrected chi connectivity index (χ2v) is 3.81. The maximum Gasteiger partial charge on any atom is 1.00 e. The van der Waals surface area contributed by atoms with Crippen LogP contribution in [-0.4, -0.2) is 27.2 Å². The van der Waals surface area contributed by atoms with Gasteiger partial charge in [0.05, 0.1) is 0 Å². The van der Waals surface area contributed by atoms with E-state index >= 15 is 0 Å². The van der Waals surface area contributed by atoms with Crippen molar-refractivity contribution in [2.75, 3.05) is 0 Å². The van der Waals surface area contributed by atoms with Gasteiger partial charge in [0.2, 0.25) is 0 Å². The van der Waals surface area contributed by atoms with E-state index < -0.39 is 11.1 Å². The fourth-order valence-electron chi connectivity index (χ4n) is 0.829. The summed E-state index contributed by atoms with van der Waals surface area (Å²) in [7, 11) is 0. The molecule has 0 atom stereocenters. The van der Waals surface area contributed by atoms with Gasteiger partial charge in [0, 0.05) is 0 Å². The number of hydrogen-bond acceptors (Lipinski definition) is 2. The molecule has 0 aromatic rings. The van der Waals surface area contributed by atoms with Crippen LogP contribution < -0.4 is 18.9 Å². The quantitative estimate of drug-likeness (QED) is 0.173. The molecule has 1 aliphatic rings. The fraction of sp³-hybridized carbons (Fsp3) is 0.857. The average Bonchev–Trinajstić information content (AvgIpc) is 1.95. The van der Waals surface area contributed by atoms with Crippen LogP contribution in [-0.2, 0) is 5.21 Å². The van der Waals surface area contributed by atoms with E-state index in [0.29, 0.717) is 9.80 Å². The first-order chi connectivity index (χ1) is 4.80. The van der Waals surface area contributed by atoms with E-state index in [2.05, 4.69) is 6.34 Å². The number of rotatable bonds is 0. The van der Waals surface area contributed by atoms with Crippen molar-refractivity contribution in [1.29, 1.82) is 0 Å². The van der Waals surface area contributed by atoms with E-state index in [1.54, 1.807) is 27.7 Å². The average molecular weight is 163 g/mol. The monoisotopic (exact) mass is 163 g/mol. The van der Waals surface area contributed by atoms with Gasteiger partial charge in [-0.1, -0.05) is 6.34 Å². The van der Waals surface area contributed by atoms with Gasteiger partial charge in [-0.2, -0.15) is 0 Å². The Morgan fingerprint density at radius 1 is 1.33 bits per heavy atom. The molecule has 63 valence electrons. The van der Waals surface area contributed by atoms with Gasteiger partial charge in [0.25, 0.3) is 0 Å². The zero-order valence-corrected chi connectivity index (χ0v) is 8.21. The Morgan fingerprint density at radius 3 is 1.83 bits per heavy atom. The first-order valence-electron chi connectivity index (χ1n) is 3.51. The van der Waals surface area contributed by atoms with Crippen LogP contribution in [0.2, 0.25) is 0 Å². The Morgan fingerprint density at radius 2 is 1.75 bits per heavy atom. The molecule has 0 unspecified atom stereocenters. The Labute approximate surface area is 84.6 Å². The molecule has 0 aromatic heterocycles. The van der Waals surface area contributed by atoms with Crippen molar-refractivity contribution in [3.63, 3.8) is 0 Å². The summed E-state index contributed by atoms with van der Waals surface area (Å²) in [5.41, 5.74) is -1.40. The van der Waals surface area contributed by atoms with Gasteiger partial charge >= 0.3 is 18.9 Å². The number of hydroxylamine groups is 3. The van der Waals surface area contributed by atoms with E-state index in [0.717, 1.165) is 0 Å². The molecular formula is C7H12LiN2O2. The van der Waals surface area contributed by atoms with E-state index in [-0.39, 0.29) is 18.9 Å². The van der Waals surface area contributed by atoms with Gasteiger partial charge in [0.15, 0.2) is 0 Å². The summed E-state index contributed by atoms with van der Waals surface area (Å²) in [6.07, 6.45) is 2.15. The Balaban J connectivity index is 0.00000121. The fourth-order valence-corrected chi connectivity index (χ4v) is 0.829. The van der Waals surface area contributed by atoms with Crippen molar-refractivity contribution in [3.05, 3.63) is 5.21 Å². The van der Waals surface area contributed by atoms with Crippen LogP contribution in [0, 0.1) is 5.21 Å². The second kappa shape index (κ2) is 2.95. The topological polar surface area (TPSA) is 49.2 Å². The molecule has 1 heterocycles. The Hall–Kier alpha value is -0.173. The second-order valence-electron chi connectivity index (χ2n) is 3.81. The normalized spacial score (nSPS) is 24.8. The van der Waals surface area contributed by atoms with E-state index in [1.807, 2.05) is 0 Å². The molecule has 0 amide bonds. The molecule has 5 heteroatoms. The van der Waals surface area contributed by atoms with Crippen LogP contribution in [0.25, 0.3) is 0 Å². The molecule has 0 aromatic carbocycles. The van der Waals surface area contributed by atoms with Crippen molar-refractivity contribution < 1.29 is 28.8 Å². The molecule has 1 rings (SSSR count). The summed E-state index contributed by atoms with van der Waals surface area (Å²) in [6.45, 7) is 6.91. The summed E-state index contributed by atoms with van der Waals surface area (Å²) >= 11 is 0. The van der Waals surface area contributed by atoms with Crippen molar-refractivity contribution in [3.8, 4) is 0 Å². The minimum Gasteiger partial charge on any atom is -0.745 e. The molecule has 0 aliphatic carbocycles. The smallest absolute Gasteiger partial charge is 0.745 e. The minimum atomic E-state index is -0.700. The number of hydrogen-bond donors (Lipinski definition) is 0. The zero-order chi connectivity index (χ0) is 8.86. The van der Waals surface area contributed by atoms with Crippen LogP contribution in [0.3, 0.4) is 0 Å². The molecule has 0 spiro atoms. The third-order valence-corrected chi connectivity index (χ3v) is 2.69. The van der Waals surface area contributed by atoms with Crippen molar-refractivity contribution in [2.45, 2.75) is 38.8 Å². The number of nitrogens with zero attached hydrogens (tertiary/aromatic N) is 2. The van der Waals surface area contributed by atoms with Crippen LogP contribution in [0.4, 0.5) is 0 Å². The van der Waals surface area contributed by atoms with Gasteiger partial charge < -0.3 is 9.95 Å². The van der Waals surface area contributed by atoms with E-state index in [4.69, 9.17) is 0 Å². The van der Waals surface area contributed by atoms with E-state index in [9.17, 15) is 10.4 Å². The van der Waals surface area contributed by atoms with Crippen LogP contribution in [0.15, 0.2) is 0 Å². The SMILES string of the molecule is CC1(C)N([O])[C-]=[N+]([O-])C1(C)C.[Li+]. The molecule has 0 N–H and O–H groups in total. The molecule has 12 heavy (non-hydrogen) atoms. The predicted octanol–water partition coefficient (Wildman–Crippen LogP) is -2.38. The molecular weight excluding hydrogens is 151 g/mol. The largest absolute Gasteiger partial charge is 1.00 e. The van der Waals surface area contributed by atoms with Crippen molar-refractivity contribution >= 4 is 6.34 Å². The molecule has 1 radical (unpaired) electrons. The van der Waals surface area contributed by atoms with Crippen LogP contribution >= 0.6 is 0 Å². The first-order valence-corrected chi connectivity index (χ1v) is 3.51. The predicted molar refractivity (Wildman–Crippen MR) is 39.3 cm³/mol. The summed E-state index contributed by atoms with van der Waals surface area (Å²) < 4.78 is 0.583. The van der Waals surface area contributed by atoms with E-state index in [1.165, 1.54) is 0 Å².